The Balaban J connectivity index is 1.45. The van der Waals surface area contributed by atoms with Crippen LogP contribution in [0.1, 0.15) is 82.3 Å². The Labute approximate surface area is 158 Å². The van der Waals surface area contributed by atoms with Crippen molar-refractivity contribution in [3.8, 4) is 6.07 Å². The van der Waals surface area contributed by atoms with Crippen molar-refractivity contribution in [2.45, 2.75) is 77.6 Å². The maximum atomic E-state index is 13.7. The topological polar surface area (TPSA) is 23.8 Å². The number of benzene rings is 1. The molecule has 0 aliphatic heterocycles. The van der Waals surface area contributed by atoms with Crippen molar-refractivity contribution in [3.63, 3.8) is 0 Å². The molecule has 0 bridgehead atoms. The predicted octanol–water partition coefficient (Wildman–Crippen LogP) is 6.96. The van der Waals surface area contributed by atoms with Gasteiger partial charge in [0.1, 0.15) is 11.9 Å². The van der Waals surface area contributed by atoms with Crippen molar-refractivity contribution < 1.29 is 4.39 Å². The number of nitrogens with zero attached hydrogens (tertiary/aromatic N) is 1. The zero-order valence-electron chi connectivity index (χ0n) is 16.1. The Bertz CT molecular complexity index is 661. The molecule has 0 N–H and O–H groups in total. The molecule has 1 saturated carbocycles. The Morgan fingerprint density at radius 2 is 1.88 bits per heavy atom. The average Bonchev–Trinajstić information content (AvgIpc) is 2.68. The summed E-state index contributed by atoms with van der Waals surface area (Å²) in [5.41, 5.74) is 2.69. The summed E-state index contributed by atoms with van der Waals surface area (Å²) in [6.07, 6.45) is 16.8. The quantitative estimate of drug-likeness (QED) is 0.507. The van der Waals surface area contributed by atoms with Crippen molar-refractivity contribution in [3.05, 3.63) is 46.8 Å². The molecule has 2 heteroatoms. The van der Waals surface area contributed by atoms with Crippen LogP contribution in [0, 0.1) is 34.9 Å². The first-order valence-electron chi connectivity index (χ1n) is 10.6. The van der Waals surface area contributed by atoms with E-state index in [1.165, 1.54) is 63.9 Å². The fraction of sp³-hybridized carbons (Fsp3) is 0.625. The number of rotatable bonds is 6. The van der Waals surface area contributed by atoms with Crippen LogP contribution in [0.2, 0.25) is 0 Å². The summed E-state index contributed by atoms with van der Waals surface area (Å²) in [5, 5.41) is 8.82. The maximum Gasteiger partial charge on any atom is 0.141 e. The molecule has 0 heterocycles. The molecule has 1 aromatic carbocycles. The van der Waals surface area contributed by atoms with Crippen LogP contribution in [0.15, 0.2) is 29.8 Å². The van der Waals surface area contributed by atoms with Crippen LogP contribution < -0.4 is 0 Å². The molecule has 140 valence electrons. The lowest BCUT2D eigenvalue weighted by Crippen LogP contribution is -2.23. The minimum atomic E-state index is -0.388. The fourth-order valence-corrected chi connectivity index (χ4v) is 5.03. The van der Waals surface area contributed by atoms with Gasteiger partial charge in [-0.2, -0.15) is 5.26 Å². The number of hydrogen-bond acceptors (Lipinski definition) is 1. The molecule has 3 rings (SSSR count). The normalized spacial score (nSPS) is 26.2. The number of nitriles is 1. The SMILES string of the molecule is CCCC1CCC(C2CC=C(CCc3ccc(C#N)c(F)c3)CC2)CC1. The zero-order chi connectivity index (χ0) is 18.4. The summed E-state index contributed by atoms with van der Waals surface area (Å²) in [4.78, 5) is 0. The molecule has 1 unspecified atom stereocenters. The standard InChI is InChI=1S/C24H32FN/c1-2-3-18-6-11-21(12-7-18)22-13-8-19(9-14-22)4-5-20-10-15-23(17-26)24(25)16-20/h8,10,15-16,18,21-22H,2-7,9,11-14H2,1H3. The summed E-state index contributed by atoms with van der Waals surface area (Å²) < 4.78 is 13.7. The maximum absolute atomic E-state index is 13.7. The van der Waals surface area contributed by atoms with Crippen molar-refractivity contribution in [1.82, 2.24) is 0 Å². The molecular formula is C24H32FN. The van der Waals surface area contributed by atoms with E-state index in [2.05, 4.69) is 13.0 Å². The third-order valence-corrected chi connectivity index (χ3v) is 6.69. The first-order valence-corrected chi connectivity index (χ1v) is 10.6. The van der Waals surface area contributed by atoms with Gasteiger partial charge in [-0.1, -0.05) is 50.3 Å². The van der Waals surface area contributed by atoms with E-state index in [-0.39, 0.29) is 11.4 Å². The molecule has 0 saturated heterocycles. The Kier molecular flexibility index (Phi) is 6.89. The molecule has 2 aliphatic rings. The summed E-state index contributed by atoms with van der Waals surface area (Å²) in [6, 6.07) is 6.91. The summed E-state index contributed by atoms with van der Waals surface area (Å²) in [5.74, 6) is 2.46. The Morgan fingerprint density at radius 1 is 1.08 bits per heavy atom. The summed E-state index contributed by atoms with van der Waals surface area (Å²) in [7, 11) is 0. The smallest absolute Gasteiger partial charge is 0.141 e. The Morgan fingerprint density at radius 3 is 2.50 bits per heavy atom. The molecule has 26 heavy (non-hydrogen) atoms. The number of halogens is 1. The lowest BCUT2D eigenvalue weighted by molar-refractivity contribution is 0.186. The van der Waals surface area contributed by atoms with Gasteiger partial charge < -0.3 is 0 Å². The first kappa shape index (κ1) is 19.2. The van der Waals surface area contributed by atoms with E-state index in [0.29, 0.717) is 0 Å². The van der Waals surface area contributed by atoms with Crippen molar-refractivity contribution in [2.24, 2.45) is 17.8 Å². The molecule has 1 atom stereocenters. The van der Waals surface area contributed by atoms with Gasteiger partial charge in [0, 0.05) is 0 Å². The van der Waals surface area contributed by atoms with Gasteiger partial charge in [-0.15, -0.1) is 0 Å². The van der Waals surface area contributed by atoms with Crippen LogP contribution in [-0.2, 0) is 6.42 Å². The third-order valence-electron chi connectivity index (χ3n) is 6.69. The van der Waals surface area contributed by atoms with E-state index >= 15 is 0 Å². The monoisotopic (exact) mass is 353 g/mol. The number of allylic oxidation sites excluding steroid dienone is 2. The van der Waals surface area contributed by atoms with Gasteiger partial charge >= 0.3 is 0 Å². The lowest BCUT2D eigenvalue weighted by Gasteiger charge is -2.35. The Hall–Kier alpha value is -1.62. The van der Waals surface area contributed by atoms with Crippen molar-refractivity contribution in [2.75, 3.05) is 0 Å². The molecule has 0 spiro atoms. The number of aryl methyl sites for hydroxylation is 1. The first-order chi connectivity index (χ1) is 12.7. The highest BCUT2D eigenvalue weighted by molar-refractivity contribution is 5.33. The van der Waals surface area contributed by atoms with Crippen LogP contribution in [0.4, 0.5) is 4.39 Å². The van der Waals surface area contributed by atoms with E-state index in [1.54, 1.807) is 11.6 Å². The van der Waals surface area contributed by atoms with Gasteiger partial charge in [0.15, 0.2) is 0 Å². The van der Waals surface area contributed by atoms with Crippen LogP contribution in [-0.4, -0.2) is 0 Å². The predicted molar refractivity (Wildman–Crippen MR) is 105 cm³/mol. The zero-order valence-corrected chi connectivity index (χ0v) is 16.1. The highest BCUT2D eigenvalue weighted by Crippen LogP contribution is 2.41. The van der Waals surface area contributed by atoms with E-state index in [1.807, 2.05) is 12.1 Å². The number of hydrogen-bond donors (Lipinski definition) is 0. The molecule has 0 radical (unpaired) electrons. The minimum Gasteiger partial charge on any atom is -0.206 e. The highest BCUT2D eigenvalue weighted by atomic mass is 19.1. The summed E-state index contributed by atoms with van der Waals surface area (Å²) >= 11 is 0. The van der Waals surface area contributed by atoms with Gasteiger partial charge in [-0.05, 0) is 80.4 Å². The third kappa shape index (κ3) is 4.97. The van der Waals surface area contributed by atoms with Crippen LogP contribution in [0.3, 0.4) is 0 Å². The highest BCUT2D eigenvalue weighted by Gasteiger charge is 2.28. The summed E-state index contributed by atoms with van der Waals surface area (Å²) in [6.45, 7) is 2.31. The van der Waals surface area contributed by atoms with E-state index < -0.39 is 0 Å². The van der Waals surface area contributed by atoms with Gasteiger partial charge in [-0.25, -0.2) is 4.39 Å². The minimum absolute atomic E-state index is 0.141. The van der Waals surface area contributed by atoms with Crippen LogP contribution in [0.25, 0.3) is 0 Å². The van der Waals surface area contributed by atoms with E-state index in [4.69, 9.17) is 5.26 Å². The van der Waals surface area contributed by atoms with E-state index in [0.717, 1.165) is 36.2 Å². The van der Waals surface area contributed by atoms with Crippen LogP contribution >= 0.6 is 0 Å². The van der Waals surface area contributed by atoms with Gasteiger partial charge in [0.2, 0.25) is 0 Å². The van der Waals surface area contributed by atoms with Gasteiger partial charge in [-0.3, -0.25) is 0 Å². The van der Waals surface area contributed by atoms with Crippen molar-refractivity contribution in [1.29, 1.82) is 5.26 Å². The van der Waals surface area contributed by atoms with E-state index in [9.17, 15) is 4.39 Å². The largest absolute Gasteiger partial charge is 0.206 e. The fourth-order valence-electron chi connectivity index (χ4n) is 5.03. The lowest BCUT2D eigenvalue weighted by atomic mass is 9.70. The van der Waals surface area contributed by atoms with Crippen molar-refractivity contribution >= 4 is 0 Å². The molecule has 1 fully saturated rings. The van der Waals surface area contributed by atoms with Crippen LogP contribution in [0.5, 0.6) is 0 Å². The second kappa shape index (κ2) is 9.36. The molecule has 0 aromatic heterocycles. The molecule has 0 amide bonds. The molecular weight excluding hydrogens is 321 g/mol. The van der Waals surface area contributed by atoms with Gasteiger partial charge in [0.05, 0.1) is 5.56 Å². The average molecular weight is 354 g/mol. The second-order valence-corrected chi connectivity index (χ2v) is 8.39. The van der Waals surface area contributed by atoms with Gasteiger partial charge in [0.25, 0.3) is 0 Å². The second-order valence-electron chi connectivity index (χ2n) is 8.39. The molecule has 1 nitrogen and oxygen atoms in total. The molecule has 1 aromatic rings. The molecule has 2 aliphatic carbocycles.